The first-order valence-electron chi connectivity index (χ1n) is 9.15. The van der Waals surface area contributed by atoms with Crippen molar-refractivity contribution < 1.29 is 14.1 Å². The zero-order chi connectivity index (χ0) is 19.7. The van der Waals surface area contributed by atoms with E-state index in [4.69, 9.17) is 14.2 Å². The van der Waals surface area contributed by atoms with E-state index in [1.807, 2.05) is 18.7 Å². The lowest BCUT2D eigenvalue weighted by molar-refractivity contribution is 0.0728. The molecule has 1 atom stereocenters. The van der Waals surface area contributed by atoms with Crippen molar-refractivity contribution in [1.29, 1.82) is 0 Å². The molecule has 144 valence electrons. The average molecular weight is 379 g/mol. The van der Waals surface area contributed by atoms with E-state index in [9.17, 15) is 4.79 Å². The maximum atomic E-state index is 13.2. The quantitative estimate of drug-likeness (QED) is 0.687. The summed E-state index contributed by atoms with van der Waals surface area (Å²) in [4.78, 5) is 28.3. The summed E-state index contributed by atoms with van der Waals surface area (Å²) in [6, 6.07) is 3.32. The third-order valence-electron chi connectivity index (χ3n) is 4.99. The van der Waals surface area contributed by atoms with Crippen LogP contribution in [0.5, 0.6) is 5.88 Å². The lowest BCUT2D eigenvalue weighted by Gasteiger charge is -2.25. The number of carbonyl (C=O) groups excluding carboxylic acids is 1. The number of rotatable bonds is 4. The molecule has 0 aromatic carbocycles. The van der Waals surface area contributed by atoms with Gasteiger partial charge in [0.2, 0.25) is 5.88 Å². The summed E-state index contributed by atoms with van der Waals surface area (Å²) < 4.78 is 10.5. The minimum absolute atomic E-state index is 0.114. The highest BCUT2D eigenvalue weighted by molar-refractivity contribution is 5.96. The van der Waals surface area contributed by atoms with E-state index in [-0.39, 0.29) is 11.9 Å². The minimum atomic E-state index is -0.148. The fourth-order valence-corrected chi connectivity index (χ4v) is 3.70. The summed E-state index contributed by atoms with van der Waals surface area (Å²) in [5.41, 5.74) is 3.52. The first-order valence-corrected chi connectivity index (χ1v) is 9.15. The van der Waals surface area contributed by atoms with Crippen LogP contribution in [0.2, 0.25) is 0 Å². The smallest absolute Gasteiger partial charge is 0.259 e. The molecule has 0 spiro atoms. The van der Waals surface area contributed by atoms with Crippen molar-refractivity contribution >= 4 is 5.91 Å². The number of aryl methyl sites for hydroxylation is 2. The molecule has 4 heterocycles. The Labute approximate surface area is 162 Å². The van der Waals surface area contributed by atoms with Gasteiger partial charge in [0.05, 0.1) is 48.2 Å². The van der Waals surface area contributed by atoms with Crippen molar-refractivity contribution in [2.45, 2.75) is 32.7 Å². The molecule has 28 heavy (non-hydrogen) atoms. The molecule has 0 aliphatic carbocycles. The van der Waals surface area contributed by atoms with Gasteiger partial charge in [-0.3, -0.25) is 9.78 Å². The molecule has 0 radical (unpaired) electrons. The Morgan fingerprint density at radius 1 is 1.32 bits per heavy atom. The highest BCUT2D eigenvalue weighted by Crippen LogP contribution is 2.34. The zero-order valence-corrected chi connectivity index (χ0v) is 16.0. The Morgan fingerprint density at radius 2 is 2.18 bits per heavy atom. The van der Waals surface area contributed by atoms with Crippen LogP contribution in [0.3, 0.4) is 0 Å². The number of hydrogen-bond acceptors (Lipinski definition) is 7. The summed E-state index contributed by atoms with van der Waals surface area (Å²) in [5.74, 6) is 0.911. The van der Waals surface area contributed by atoms with Gasteiger partial charge in [-0.2, -0.15) is 0 Å². The van der Waals surface area contributed by atoms with Crippen LogP contribution in [-0.4, -0.2) is 44.6 Å². The molecule has 0 bridgehead atoms. The molecule has 0 N–H and O–H groups in total. The van der Waals surface area contributed by atoms with Crippen LogP contribution < -0.4 is 4.74 Å². The SMILES string of the molecule is COc1ncccc1C(=O)N1CCCC1c1cncc(-c2c(C)noc2C)n1. The maximum absolute atomic E-state index is 13.2. The second-order valence-corrected chi connectivity index (χ2v) is 6.75. The van der Waals surface area contributed by atoms with E-state index >= 15 is 0 Å². The van der Waals surface area contributed by atoms with Crippen molar-refractivity contribution in [3.05, 3.63) is 53.4 Å². The van der Waals surface area contributed by atoms with Crippen LogP contribution in [0.1, 0.15) is 46.4 Å². The van der Waals surface area contributed by atoms with Crippen LogP contribution in [0.4, 0.5) is 0 Å². The molecule has 1 saturated heterocycles. The van der Waals surface area contributed by atoms with Gasteiger partial charge in [0.1, 0.15) is 11.3 Å². The van der Waals surface area contributed by atoms with Gasteiger partial charge in [-0.05, 0) is 38.8 Å². The van der Waals surface area contributed by atoms with Gasteiger partial charge in [0.25, 0.3) is 5.91 Å². The van der Waals surface area contributed by atoms with Gasteiger partial charge in [-0.25, -0.2) is 9.97 Å². The molecule has 1 aliphatic rings. The van der Waals surface area contributed by atoms with Crippen LogP contribution >= 0.6 is 0 Å². The topological polar surface area (TPSA) is 94.2 Å². The molecule has 8 nitrogen and oxygen atoms in total. The molecule has 1 aliphatic heterocycles. The lowest BCUT2D eigenvalue weighted by Crippen LogP contribution is -2.31. The van der Waals surface area contributed by atoms with Crippen molar-refractivity contribution in [2.75, 3.05) is 13.7 Å². The van der Waals surface area contributed by atoms with Crippen molar-refractivity contribution in [2.24, 2.45) is 0 Å². The van der Waals surface area contributed by atoms with Gasteiger partial charge in [-0.15, -0.1) is 0 Å². The van der Waals surface area contributed by atoms with E-state index in [0.29, 0.717) is 29.4 Å². The predicted molar refractivity (Wildman–Crippen MR) is 101 cm³/mol. The van der Waals surface area contributed by atoms with E-state index in [1.54, 1.807) is 30.7 Å². The first kappa shape index (κ1) is 18.1. The monoisotopic (exact) mass is 379 g/mol. The predicted octanol–water partition coefficient (Wildman–Crippen LogP) is 3.13. The second kappa shape index (κ2) is 7.38. The van der Waals surface area contributed by atoms with Crippen LogP contribution in [0.25, 0.3) is 11.3 Å². The standard InChI is InChI=1S/C20H21N5O3/c1-12-18(13(2)28-24-12)16-11-21-10-15(23-16)17-7-5-9-25(17)20(26)14-6-4-8-22-19(14)27-3/h4,6,8,10-11,17H,5,7,9H2,1-3H3. The average Bonchev–Trinajstić information content (AvgIpc) is 3.34. The number of nitrogens with zero attached hydrogens (tertiary/aromatic N) is 5. The number of pyridine rings is 1. The zero-order valence-electron chi connectivity index (χ0n) is 16.0. The number of carbonyl (C=O) groups is 1. The molecule has 1 unspecified atom stereocenters. The number of methoxy groups -OCH3 is 1. The Bertz CT molecular complexity index is 997. The number of ether oxygens (including phenoxy) is 1. The Balaban J connectivity index is 1.68. The number of likely N-dealkylation sites (tertiary alicyclic amines) is 1. The van der Waals surface area contributed by atoms with Gasteiger partial charge >= 0.3 is 0 Å². The number of hydrogen-bond donors (Lipinski definition) is 0. The number of amides is 1. The third kappa shape index (κ3) is 3.11. The van der Waals surface area contributed by atoms with E-state index in [0.717, 1.165) is 29.8 Å². The van der Waals surface area contributed by atoms with E-state index in [2.05, 4.69) is 15.1 Å². The second-order valence-electron chi connectivity index (χ2n) is 6.75. The van der Waals surface area contributed by atoms with Crippen LogP contribution in [0.15, 0.2) is 35.2 Å². The summed E-state index contributed by atoms with van der Waals surface area (Å²) >= 11 is 0. The lowest BCUT2D eigenvalue weighted by atomic mass is 10.1. The van der Waals surface area contributed by atoms with Crippen LogP contribution in [0, 0.1) is 13.8 Å². The van der Waals surface area contributed by atoms with Crippen molar-refractivity contribution in [1.82, 2.24) is 25.0 Å². The first-order chi connectivity index (χ1) is 13.6. The molecular weight excluding hydrogens is 358 g/mol. The largest absolute Gasteiger partial charge is 0.480 e. The van der Waals surface area contributed by atoms with Crippen LogP contribution in [-0.2, 0) is 0 Å². The van der Waals surface area contributed by atoms with Gasteiger partial charge in [0, 0.05) is 12.7 Å². The molecule has 3 aromatic heterocycles. The highest BCUT2D eigenvalue weighted by atomic mass is 16.5. The summed E-state index contributed by atoms with van der Waals surface area (Å²) in [6.07, 6.45) is 6.75. The van der Waals surface area contributed by atoms with Gasteiger partial charge < -0.3 is 14.2 Å². The normalized spacial score (nSPS) is 16.4. The molecular formula is C20H21N5O3. The highest BCUT2D eigenvalue weighted by Gasteiger charge is 2.33. The van der Waals surface area contributed by atoms with E-state index in [1.165, 1.54) is 7.11 Å². The third-order valence-corrected chi connectivity index (χ3v) is 4.99. The fraction of sp³-hybridized carbons (Fsp3) is 0.350. The van der Waals surface area contributed by atoms with Crippen molar-refractivity contribution in [3.63, 3.8) is 0 Å². The van der Waals surface area contributed by atoms with Gasteiger partial charge in [0.15, 0.2) is 0 Å². The van der Waals surface area contributed by atoms with Gasteiger partial charge in [-0.1, -0.05) is 5.16 Å². The molecule has 0 saturated carbocycles. The number of aromatic nitrogens is 4. The minimum Gasteiger partial charge on any atom is -0.480 e. The summed E-state index contributed by atoms with van der Waals surface area (Å²) in [6.45, 7) is 4.38. The molecule has 1 amide bonds. The Hall–Kier alpha value is -3.29. The Kier molecular flexibility index (Phi) is 4.77. The maximum Gasteiger partial charge on any atom is 0.259 e. The molecule has 4 rings (SSSR count). The molecule has 8 heteroatoms. The summed E-state index contributed by atoms with van der Waals surface area (Å²) in [5, 5.41) is 3.99. The Morgan fingerprint density at radius 3 is 2.93 bits per heavy atom. The van der Waals surface area contributed by atoms with E-state index < -0.39 is 0 Å². The van der Waals surface area contributed by atoms with Crippen molar-refractivity contribution in [3.8, 4) is 17.1 Å². The summed E-state index contributed by atoms with van der Waals surface area (Å²) in [7, 11) is 1.51. The molecule has 1 fully saturated rings. The molecule has 3 aromatic rings. The fourth-order valence-electron chi connectivity index (χ4n) is 3.70.